The third kappa shape index (κ3) is 1.13. The second-order valence-electron chi connectivity index (χ2n) is 1.43. The van der Waals surface area contributed by atoms with Crippen molar-refractivity contribution < 1.29 is 29.6 Å². The van der Waals surface area contributed by atoms with E-state index >= 15 is 0 Å². The first kappa shape index (κ1) is 8.21. The van der Waals surface area contributed by atoms with Crippen LogP contribution in [0.3, 0.4) is 0 Å². The van der Waals surface area contributed by atoms with Crippen molar-refractivity contribution in [2.24, 2.45) is 0 Å². The monoisotopic (exact) mass is 111 g/mol. The molecule has 0 saturated heterocycles. The maximum Gasteiger partial charge on any atom is 1.00 e. The van der Waals surface area contributed by atoms with E-state index in [1.54, 1.807) is 0 Å². The van der Waals surface area contributed by atoms with E-state index < -0.39 is 0 Å². The molecule has 32 valence electrons. The van der Waals surface area contributed by atoms with Crippen LogP contribution < -0.4 is 29.6 Å². The minimum Gasteiger partial charge on any atom is -1.00 e. The molecule has 0 N–H and O–H groups in total. The van der Waals surface area contributed by atoms with Crippen LogP contribution in [0, 0.1) is 0 Å². The van der Waals surface area contributed by atoms with Gasteiger partial charge in [-0.15, -0.1) is 0 Å². The van der Waals surface area contributed by atoms with Gasteiger partial charge in [0.1, 0.15) is 0 Å². The molecule has 1 aliphatic heterocycles. The van der Waals surface area contributed by atoms with Gasteiger partial charge in [-0.1, -0.05) is 0 Å². The molecular weight excluding hydrogens is 108 g/mol. The molecule has 8 heavy (non-hydrogen) atoms. The molecule has 1 aliphatic carbocycles. The summed E-state index contributed by atoms with van der Waals surface area (Å²) in [5.74, 6) is 0. The predicted molar refractivity (Wildman–Crippen MR) is 29.0 cm³/mol. The first-order chi connectivity index (χ1) is 2.97. The zero-order chi connectivity index (χ0) is 3.98. The molecule has 4 radical (unpaired) electrons. The molecule has 1 nitrogen and oxygen atoms in total. The smallest absolute Gasteiger partial charge is 1.00 e. The molecule has 0 aromatic carbocycles. The van der Waals surface area contributed by atoms with E-state index in [-0.39, 0.29) is 38.0 Å². The van der Waals surface area contributed by atoms with E-state index in [4.69, 9.17) is 0 Å². The maximum absolute atomic E-state index is 3.95. The fourth-order valence-corrected chi connectivity index (χ4v) is 0.554. The average molecular weight is 111 g/mol. The zero-order valence-corrected chi connectivity index (χ0v) is 6.76. The van der Waals surface area contributed by atoms with E-state index in [1.807, 2.05) is 12.3 Å². The average Bonchev–Trinajstić information content (AvgIpc) is 2.17. The van der Waals surface area contributed by atoms with E-state index in [1.165, 1.54) is 11.3 Å². The van der Waals surface area contributed by atoms with Gasteiger partial charge in [0.15, 0.2) is 0 Å². The molecule has 1 heterocycles. The van der Waals surface area contributed by atoms with Crippen molar-refractivity contribution in [3.8, 4) is 11.3 Å². The Bertz CT molecular complexity index is 172. The van der Waals surface area contributed by atoms with Crippen LogP contribution in [0.2, 0.25) is 0 Å². The van der Waals surface area contributed by atoms with Gasteiger partial charge in [-0.2, -0.15) is 0 Å². The van der Waals surface area contributed by atoms with Crippen molar-refractivity contribution in [2.75, 3.05) is 0 Å². The van der Waals surface area contributed by atoms with Crippen molar-refractivity contribution in [1.29, 1.82) is 0 Å². The number of rotatable bonds is 0. The van der Waals surface area contributed by atoms with E-state index in [0.717, 1.165) is 0 Å². The molecule has 0 amide bonds. The molecule has 0 fully saturated rings. The van der Waals surface area contributed by atoms with Gasteiger partial charge in [0.05, 0.1) is 5.69 Å². The normalized spacial score (nSPS) is 8.50. The number of nitrogens with zero attached hydrogens (tertiary/aromatic N) is 1. The standard InChI is InChI=1S/C5H3N.B.Na/c1-2-6-5-3-4(1)5;;/h1-3H;;/q;-1;+1. The van der Waals surface area contributed by atoms with E-state index in [9.17, 15) is 0 Å². The van der Waals surface area contributed by atoms with Gasteiger partial charge >= 0.3 is 29.6 Å². The molecule has 2 aliphatic rings. The summed E-state index contributed by atoms with van der Waals surface area (Å²) in [5.41, 5.74) is 2.49. The summed E-state index contributed by atoms with van der Waals surface area (Å²) in [7, 11) is 0. The first-order valence-corrected chi connectivity index (χ1v) is 1.93. The first-order valence-electron chi connectivity index (χ1n) is 1.93. The topological polar surface area (TPSA) is 12.9 Å². The molecule has 2 rings (SSSR count). The van der Waals surface area contributed by atoms with Crippen LogP contribution in [0.15, 0.2) is 18.3 Å². The minimum absolute atomic E-state index is 0. The molecule has 0 aromatic heterocycles. The predicted octanol–water partition coefficient (Wildman–Crippen LogP) is -2.31. The van der Waals surface area contributed by atoms with Crippen LogP contribution in [-0.4, -0.2) is 13.4 Å². The summed E-state index contributed by atoms with van der Waals surface area (Å²) in [6.45, 7) is 0. The Labute approximate surface area is 72.4 Å². The number of hydrogen-bond acceptors (Lipinski definition) is 1. The largest absolute Gasteiger partial charge is 1.00 e. The second kappa shape index (κ2) is 2.67. The van der Waals surface area contributed by atoms with Crippen LogP contribution >= 0.6 is 0 Å². The van der Waals surface area contributed by atoms with Gasteiger partial charge in [-0.3, -0.25) is 4.98 Å². The summed E-state index contributed by atoms with van der Waals surface area (Å²) in [6, 6.07) is 4.06. The van der Waals surface area contributed by atoms with Crippen molar-refractivity contribution in [2.45, 2.75) is 0 Å². The van der Waals surface area contributed by atoms with Gasteiger partial charge in [-0.05, 0) is 12.1 Å². The van der Waals surface area contributed by atoms with Crippen molar-refractivity contribution in [1.82, 2.24) is 4.98 Å². The summed E-state index contributed by atoms with van der Waals surface area (Å²) < 4.78 is 0. The Morgan fingerprint density at radius 3 is 2.25 bits per heavy atom. The number of pyridine rings is 1. The molecule has 0 aromatic rings. The Balaban J connectivity index is 0.000000245. The van der Waals surface area contributed by atoms with Crippen LogP contribution in [0.25, 0.3) is 11.3 Å². The van der Waals surface area contributed by atoms with Crippen LogP contribution in [0.4, 0.5) is 0 Å². The molecular formula is C5H3BNNa. The zero-order valence-electron chi connectivity index (χ0n) is 4.76. The number of aromatic nitrogens is 1. The minimum atomic E-state index is 0. The Morgan fingerprint density at radius 1 is 1.38 bits per heavy atom. The molecule has 0 saturated carbocycles. The van der Waals surface area contributed by atoms with Crippen LogP contribution in [-0.2, 0) is 0 Å². The van der Waals surface area contributed by atoms with Gasteiger partial charge in [0.25, 0.3) is 0 Å². The van der Waals surface area contributed by atoms with E-state index in [0.29, 0.717) is 0 Å². The summed E-state index contributed by atoms with van der Waals surface area (Å²) in [5, 5.41) is 0. The van der Waals surface area contributed by atoms with Gasteiger partial charge < -0.3 is 8.41 Å². The quantitative estimate of drug-likeness (QED) is 0.348. The van der Waals surface area contributed by atoms with Crippen LogP contribution in [0.1, 0.15) is 0 Å². The SMILES string of the molecule is [B-].[Na+].c1cc2cc-2n1. The summed E-state index contributed by atoms with van der Waals surface area (Å²) in [6.07, 6.45) is 1.82. The fourth-order valence-electron chi connectivity index (χ4n) is 0.554. The van der Waals surface area contributed by atoms with Crippen molar-refractivity contribution in [3.05, 3.63) is 18.3 Å². The summed E-state index contributed by atoms with van der Waals surface area (Å²) >= 11 is 0. The molecule has 0 spiro atoms. The molecule has 3 heteroatoms. The van der Waals surface area contributed by atoms with Gasteiger partial charge in [0.2, 0.25) is 0 Å². The second-order valence-corrected chi connectivity index (χ2v) is 1.43. The number of fused-ring (bicyclic) bond motifs is 1. The summed E-state index contributed by atoms with van der Waals surface area (Å²) in [4.78, 5) is 3.95. The van der Waals surface area contributed by atoms with Gasteiger partial charge in [0, 0.05) is 11.8 Å². The van der Waals surface area contributed by atoms with E-state index in [2.05, 4.69) is 11.1 Å². The fraction of sp³-hybridized carbons (Fsp3) is 0. The number of hydrogen-bond donors (Lipinski definition) is 0. The Hall–Kier alpha value is 0.215. The van der Waals surface area contributed by atoms with Crippen molar-refractivity contribution >= 4 is 8.41 Å². The molecule has 0 bridgehead atoms. The van der Waals surface area contributed by atoms with Crippen molar-refractivity contribution in [3.63, 3.8) is 0 Å². The molecule has 0 unspecified atom stereocenters. The maximum atomic E-state index is 3.95. The molecule has 0 atom stereocenters. The Morgan fingerprint density at radius 2 is 2.12 bits per heavy atom. The third-order valence-electron chi connectivity index (χ3n) is 0.972. The Kier molecular flexibility index (Phi) is 2.74. The van der Waals surface area contributed by atoms with Crippen LogP contribution in [0.5, 0.6) is 0 Å². The third-order valence-corrected chi connectivity index (χ3v) is 0.972. The van der Waals surface area contributed by atoms with Gasteiger partial charge in [-0.25, -0.2) is 0 Å².